The number of carbonyl (C=O) groups is 1. The second-order valence-corrected chi connectivity index (χ2v) is 10.5. The first kappa shape index (κ1) is 28.1. The molecule has 2 aromatic carbocycles. The smallest absolute Gasteiger partial charge is 0.374 e. The van der Waals surface area contributed by atoms with E-state index in [1.54, 1.807) is 12.4 Å². The largest absolute Gasteiger partial charge is 0.435 e. The monoisotopic (exact) mass is 607 g/mol. The molecule has 1 amide bonds. The van der Waals surface area contributed by atoms with Crippen LogP contribution in [0.15, 0.2) is 41.0 Å². The molecular weight excluding hydrogens is 591 g/mol. The van der Waals surface area contributed by atoms with Crippen LogP contribution >= 0.6 is 22.9 Å². The van der Waals surface area contributed by atoms with E-state index in [2.05, 4.69) is 20.7 Å². The number of aryl methyl sites for hydroxylation is 1. The second-order valence-electron chi connectivity index (χ2n) is 9.27. The van der Waals surface area contributed by atoms with E-state index in [-0.39, 0.29) is 35.0 Å². The normalized spacial score (nSPS) is 19.7. The van der Waals surface area contributed by atoms with E-state index >= 15 is 0 Å². The third-order valence-electron chi connectivity index (χ3n) is 6.62. The van der Waals surface area contributed by atoms with Gasteiger partial charge in [-0.25, -0.2) is 4.39 Å². The minimum atomic E-state index is -5.37. The summed E-state index contributed by atoms with van der Waals surface area (Å²) in [4.78, 5) is 19.4. The Bertz CT molecular complexity index is 1490. The van der Waals surface area contributed by atoms with Gasteiger partial charge in [0.1, 0.15) is 11.3 Å². The minimum absolute atomic E-state index is 0.0262. The van der Waals surface area contributed by atoms with E-state index in [0.29, 0.717) is 18.7 Å². The number of anilines is 1. The Morgan fingerprint density at radius 1 is 1.18 bits per heavy atom. The lowest BCUT2D eigenvalue weighted by atomic mass is 9.85. The molecule has 40 heavy (non-hydrogen) atoms. The van der Waals surface area contributed by atoms with Crippen molar-refractivity contribution >= 4 is 39.7 Å². The lowest BCUT2D eigenvalue weighted by Gasteiger charge is -2.39. The predicted molar refractivity (Wildman–Crippen MR) is 131 cm³/mol. The van der Waals surface area contributed by atoms with Crippen LogP contribution in [0.1, 0.15) is 39.0 Å². The predicted octanol–water partition coefficient (Wildman–Crippen LogP) is 5.86. The molecule has 0 radical (unpaired) electrons. The van der Waals surface area contributed by atoms with Gasteiger partial charge in [0.05, 0.1) is 28.8 Å². The van der Waals surface area contributed by atoms with Gasteiger partial charge in [0.2, 0.25) is 5.13 Å². The maximum Gasteiger partial charge on any atom is 0.435 e. The van der Waals surface area contributed by atoms with Crippen LogP contribution in [0.5, 0.6) is 0 Å². The van der Waals surface area contributed by atoms with Gasteiger partial charge < -0.3 is 15.1 Å². The van der Waals surface area contributed by atoms with Gasteiger partial charge in [0.15, 0.2) is 0 Å². The third-order valence-corrected chi connectivity index (χ3v) is 7.64. The first-order chi connectivity index (χ1) is 18.7. The molecule has 212 valence electrons. The zero-order valence-electron chi connectivity index (χ0n) is 20.2. The Labute approximate surface area is 230 Å². The highest BCUT2D eigenvalue weighted by Gasteiger charge is 2.64. The molecule has 7 nitrogen and oxygen atoms in total. The van der Waals surface area contributed by atoms with Gasteiger partial charge >= 0.3 is 12.4 Å². The molecule has 0 saturated carbocycles. The Hall–Kier alpha value is -3.46. The fourth-order valence-electron chi connectivity index (χ4n) is 4.48. The van der Waals surface area contributed by atoms with Crippen molar-refractivity contribution in [2.45, 2.75) is 37.3 Å². The van der Waals surface area contributed by atoms with Crippen LogP contribution in [0.3, 0.4) is 0 Å². The summed E-state index contributed by atoms with van der Waals surface area (Å²) in [6, 6.07) is 4.20. The summed E-state index contributed by atoms with van der Waals surface area (Å²) >= 11 is 6.90. The summed E-state index contributed by atoms with van der Waals surface area (Å²) in [5.41, 5.74) is -4.49. The van der Waals surface area contributed by atoms with Crippen molar-refractivity contribution in [2.75, 3.05) is 18.0 Å². The number of rotatable bonds is 5. The summed E-state index contributed by atoms with van der Waals surface area (Å²) in [6.07, 6.45) is -11.6. The van der Waals surface area contributed by atoms with Crippen molar-refractivity contribution < 1.29 is 40.4 Å². The van der Waals surface area contributed by atoms with Crippen LogP contribution in [0.4, 0.5) is 35.9 Å². The van der Waals surface area contributed by atoms with Gasteiger partial charge in [-0.05, 0) is 42.3 Å². The standard InChI is InChI=1S/C24H17ClF7N5O2S/c1-11-4-12(2-3-15(11)20(38)34-14-8-37(9-14)21-35-33-10-40-21)18-7-22(39-36-18,24(30,31)32)16-5-13(23(27,28)29)6-17(25)19(16)26/h2-6,10,14H,7-9H2,1H3,(H,34,38). The SMILES string of the molecule is Cc1cc(C2=NOC(c3cc(C(F)(F)F)cc(Cl)c3F)(C(F)(F)F)C2)ccc1C(=O)NC1CN(c2nncs2)C1. The highest BCUT2D eigenvalue weighted by Crippen LogP contribution is 2.51. The van der Waals surface area contributed by atoms with Crippen molar-refractivity contribution in [1.29, 1.82) is 0 Å². The zero-order chi connectivity index (χ0) is 29.0. The first-order valence-electron chi connectivity index (χ1n) is 11.5. The molecule has 2 aliphatic rings. The zero-order valence-corrected chi connectivity index (χ0v) is 21.8. The highest BCUT2D eigenvalue weighted by molar-refractivity contribution is 7.13. The number of oxime groups is 1. The van der Waals surface area contributed by atoms with E-state index in [1.807, 2.05) is 4.90 Å². The number of hydrogen-bond donors (Lipinski definition) is 1. The van der Waals surface area contributed by atoms with Crippen LogP contribution in [0.2, 0.25) is 5.02 Å². The summed E-state index contributed by atoms with van der Waals surface area (Å²) in [7, 11) is 0. The van der Waals surface area contributed by atoms with Crippen LogP contribution in [-0.2, 0) is 16.6 Å². The molecule has 5 rings (SSSR count). The fraction of sp³-hybridized carbons (Fsp3) is 0.333. The summed E-state index contributed by atoms with van der Waals surface area (Å²) in [6.45, 7) is 2.62. The Morgan fingerprint density at radius 2 is 1.90 bits per heavy atom. The van der Waals surface area contributed by atoms with Crippen molar-refractivity contribution in [1.82, 2.24) is 15.5 Å². The van der Waals surface area contributed by atoms with Crippen LogP contribution in [-0.4, -0.2) is 47.1 Å². The average Bonchev–Trinajstić information content (AvgIpc) is 3.53. The summed E-state index contributed by atoms with van der Waals surface area (Å²) in [5, 5.41) is 13.6. The minimum Gasteiger partial charge on any atom is -0.374 e. The molecule has 3 heterocycles. The Balaban J connectivity index is 1.36. The van der Waals surface area contributed by atoms with Crippen LogP contribution in [0, 0.1) is 12.7 Å². The molecule has 1 atom stereocenters. The van der Waals surface area contributed by atoms with E-state index < -0.39 is 52.2 Å². The number of nitrogens with one attached hydrogen (secondary N) is 1. The lowest BCUT2D eigenvalue weighted by Crippen LogP contribution is -2.59. The van der Waals surface area contributed by atoms with Gasteiger partial charge in [-0.15, -0.1) is 10.2 Å². The van der Waals surface area contributed by atoms with Crippen LogP contribution < -0.4 is 10.2 Å². The molecule has 3 aromatic rings. The molecule has 16 heteroatoms. The summed E-state index contributed by atoms with van der Waals surface area (Å²) < 4.78 is 97.6. The van der Waals surface area contributed by atoms with E-state index in [1.165, 1.54) is 29.5 Å². The van der Waals surface area contributed by atoms with Crippen molar-refractivity contribution in [3.63, 3.8) is 0 Å². The Morgan fingerprint density at radius 3 is 2.50 bits per heavy atom. The molecule has 1 N–H and O–H groups in total. The summed E-state index contributed by atoms with van der Waals surface area (Å²) in [5.74, 6) is -2.10. The Kier molecular flexibility index (Phi) is 6.93. The van der Waals surface area contributed by atoms with Gasteiger partial charge in [-0.1, -0.05) is 34.2 Å². The molecule has 2 aliphatic heterocycles. The van der Waals surface area contributed by atoms with Crippen molar-refractivity contribution in [3.05, 3.63) is 74.5 Å². The number of amides is 1. The van der Waals surface area contributed by atoms with Crippen molar-refractivity contribution in [2.24, 2.45) is 5.16 Å². The van der Waals surface area contributed by atoms with Gasteiger partial charge in [0.25, 0.3) is 11.5 Å². The number of halogens is 8. The number of carbonyl (C=O) groups excluding carboxylic acids is 1. The molecule has 0 bridgehead atoms. The van der Waals surface area contributed by atoms with Gasteiger partial charge in [-0.2, -0.15) is 26.3 Å². The fourth-order valence-corrected chi connectivity index (χ4v) is 5.28. The van der Waals surface area contributed by atoms with Gasteiger partial charge in [-0.3, -0.25) is 4.79 Å². The quantitative estimate of drug-likeness (QED) is 0.368. The number of nitrogens with zero attached hydrogens (tertiary/aromatic N) is 4. The molecule has 0 spiro atoms. The maximum absolute atomic E-state index is 14.8. The molecule has 0 aliphatic carbocycles. The highest BCUT2D eigenvalue weighted by atomic mass is 35.5. The second kappa shape index (κ2) is 9.87. The van der Waals surface area contributed by atoms with Gasteiger partial charge in [0, 0.05) is 24.2 Å². The van der Waals surface area contributed by atoms with Crippen LogP contribution in [0.25, 0.3) is 0 Å². The molecule has 1 fully saturated rings. The number of hydrogen-bond acceptors (Lipinski definition) is 7. The number of benzene rings is 2. The van der Waals surface area contributed by atoms with E-state index in [0.717, 1.165) is 5.13 Å². The lowest BCUT2D eigenvalue weighted by molar-refractivity contribution is -0.276. The number of aromatic nitrogens is 2. The first-order valence-corrected chi connectivity index (χ1v) is 12.8. The molecular formula is C24H17ClF7N5O2S. The molecule has 1 aromatic heterocycles. The molecule has 1 unspecified atom stereocenters. The average molecular weight is 608 g/mol. The third kappa shape index (κ3) is 4.96. The van der Waals surface area contributed by atoms with E-state index in [4.69, 9.17) is 16.4 Å². The van der Waals surface area contributed by atoms with Crippen molar-refractivity contribution in [3.8, 4) is 0 Å². The maximum atomic E-state index is 14.8. The number of alkyl halides is 6. The van der Waals surface area contributed by atoms with E-state index in [9.17, 15) is 35.5 Å². The topological polar surface area (TPSA) is 79.7 Å². The molecule has 1 saturated heterocycles.